The van der Waals surface area contributed by atoms with Gasteiger partial charge in [-0.2, -0.15) is 0 Å². The molecule has 0 atom stereocenters. The lowest BCUT2D eigenvalue weighted by atomic mass is 10.2. The summed E-state index contributed by atoms with van der Waals surface area (Å²) in [5, 5.41) is 0.433. The summed E-state index contributed by atoms with van der Waals surface area (Å²) in [5.74, 6) is -0.533. The highest BCUT2D eigenvalue weighted by Gasteiger charge is 2.16. The van der Waals surface area contributed by atoms with E-state index in [2.05, 4.69) is 72.4 Å². The van der Waals surface area contributed by atoms with Crippen molar-refractivity contribution >= 4 is 27.5 Å². The van der Waals surface area contributed by atoms with Crippen LogP contribution >= 0.6 is 11.6 Å². The first-order valence-corrected chi connectivity index (χ1v) is 13.5. The number of allylic oxidation sites excluding steroid dienone is 12. The summed E-state index contributed by atoms with van der Waals surface area (Å²) in [6, 6.07) is 5.67. The number of carbonyl (C=O) groups excluding carboxylic acids is 1. The molecular weight excluding hydrogens is 466 g/mol. The standard InChI is InChI=1S/C28H36ClNO3S/c1-2-3-4-5-6-7-8-9-10-11-12-13-14-15-16-17-18-19-20-21-28(31)30-34(32,33)27-24-22-26(29)23-25-27/h3-4,6-7,9-10,12-13,15-16,18-19,22-25H,2,5,8,11,14,17,20-21H2,1H3,(H,30,31)/b4-3-,7-6-,10-9-,13-12-,16-15-,19-18-. The maximum absolute atomic E-state index is 12.1. The third kappa shape index (κ3) is 15.3. The molecule has 6 heteroatoms. The van der Waals surface area contributed by atoms with Crippen LogP contribution < -0.4 is 4.72 Å². The van der Waals surface area contributed by atoms with Gasteiger partial charge < -0.3 is 0 Å². The Balaban J connectivity index is 2.11. The quantitative estimate of drug-likeness (QED) is 0.237. The summed E-state index contributed by atoms with van der Waals surface area (Å²) < 4.78 is 26.4. The molecule has 184 valence electrons. The zero-order chi connectivity index (χ0) is 24.9. The van der Waals surface area contributed by atoms with Gasteiger partial charge in [0.1, 0.15) is 0 Å². The van der Waals surface area contributed by atoms with Crippen molar-refractivity contribution in [3.63, 3.8) is 0 Å². The van der Waals surface area contributed by atoms with Gasteiger partial charge in [-0.25, -0.2) is 13.1 Å². The molecule has 1 aromatic carbocycles. The lowest BCUT2D eigenvalue weighted by Crippen LogP contribution is -2.30. The van der Waals surface area contributed by atoms with Gasteiger partial charge in [0.05, 0.1) is 4.90 Å². The van der Waals surface area contributed by atoms with Crippen molar-refractivity contribution in [2.75, 3.05) is 0 Å². The van der Waals surface area contributed by atoms with Gasteiger partial charge in [0, 0.05) is 11.4 Å². The minimum absolute atomic E-state index is 0.0131. The average Bonchev–Trinajstić information content (AvgIpc) is 2.80. The molecule has 1 aromatic rings. The first-order chi connectivity index (χ1) is 16.5. The highest BCUT2D eigenvalue weighted by atomic mass is 35.5. The van der Waals surface area contributed by atoms with E-state index in [0.29, 0.717) is 11.4 Å². The van der Waals surface area contributed by atoms with Crippen LogP contribution in [0.2, 0.25) is 5.02 Å². The molecule has 0 aliphatic rings. The van der Waals surface area contributed by atoms with E-state index in [9.17, 15) is 13.2 Å². The molecule has 0 aliphatic carbocycles. The van der Waals surface area contributed by atoms with Crippen molar-refractivity contribution in [3.8, 4) is 0 Å². The van der Waals surface area contributed by atoms with Crippen molar-refractivity contribution in [1.29, 1.82) is 0 Å². The molecule has 1 N–H and O–H groups in total. The van der Waals surface area contributed by atoms with Gasteiger partial charge in [-0.1, -0.05) is 91.4 Å². The van der Waals surface area contributed by atoms with Crippen molar-refractivity contribution in [2.24, 2.45) is 0 Å². The second kappa shape index (κ2) is 18.8. The Morgan fingerprint density at radius 2 is 1.15 bits per heavy atom. The van der Waals surface area contributed by atoms with E-state index in [1.54, 1.807) is 0 Å². The molecule has 0 radical (unpaired) electrons. The highest BCUT2D eigenvalue weighted by Crippen LogP contribution is 2.14. The molecule has 0 saturated heterocycles. The van der Waals surface area contributed by atoms with Crippen molar-refractivity contribution in [1.82, 2.24) is 4.72 Å². The van der Waals surface area contributed by atoms with E-state index >= 15 is 0 Å². The van der Waals surface area contributed by atoms with Gasteiger partial charge in [-0.15, -0.1) is 0 Å². The monoisotopic (exact) mass is 501 g/mol. The molecule has 0 heterocycles. The molecule has 0 fully saturated rings. The Kier molecular flexibility index (Phi) is 16.2. The van der Waals surface area contributed by atoms with Crippen molar-refractivity contribution in [2.45, 2.75) is 63.2 Å². The summed E-state index contributed by atoms with van der Waals surface area (Å²) in [6.45, 7) is 2.14. The van der Waals surface area contributed by atoms with Gasteiger partial charge in [0.25, 0.3) is 10.0 Å². The summed E-state index contributed by atoms with van der Waals surface area (Å²) in [5.41, 5.74) is 0. The molecular formula is C28H36ClNO3S. The fourth-order valence-corrected chi connectivity index (χ4v) is 3.87. The van der Waals surface area contributed by atoms with E-state index in [0.717, 1.165) is 38.5 Å². The van der Waals surface area contributed by atoms with Gasteiger partial charge in [-0.3, -0.25) is 4.79 Å². The topological polar surface area (TPSA) is 63.2 Å². The zero-order valence-electron chi connectivity index (χ0n) is 19.9. The second-order valence-electron chi connectivity index (χ2n) is 7.44. The largest absolute Gasteiger partial charge is 0.274 e. The molecule has 0 unspecified atom stereocenters. The fourth-order valence-electron chi connectivity index (χ4n) is 2.73. The predicted octanol–water partition coefficient (Wildman–Crippen LogP) is 7.62. The van der Waals surface area contributed by atoms with E-state index in [4.69, 9.17) is 11.6 Å². The number of halogens is 1. The average molecular weight is 502 g/mol. The SMILES string of the molecule is CC/C=C\C/C=C\C/C=C\C/C=C\C/C=C\C/C=C\CCC(=O)NS(=O)(=O)c1ccc(Cl)cc1. The van der Waals surface area contributed by atoms with Gasteiger partial charge in [0.15, 0.2) is 0 Å². The summed E-state index contributed by atoms with van der Waals surface area (Å²) >= 11 is 5.76. The first kappa shape index (κ1) is 29.4. The van der Waals surface area contributed by atoms with Gasteiger partial charge in [-0.05, 0) is 69.2 Å². The van der Waals surface area contributed by atoms with Crippen molar-refractivity contribution in [3.05, 3.63) is 102 Å². The van der Waals surface area contributed by atoms with Crippen LogP contribution in [0.4, 0.5) is 0 Å². The van der Waals surface area contributed by atoms with Crippen LogP contribution in [0, 0.1) is 0 Å². The molecule has 4 nitrogen and oxygen atoms in total. The van der Waals surface area contributed by atoms with E-state index in [1.165, 1.54) is 24.3 Å². The molecule has 0 aromatic heterocycles. The van der Waals surface area contributed by atoms with Gasteiger partial charge in [0.2, 0.25) is 5.91 Å². The zero-order valence-corrected chi connectivity index (χ0v) is 21.5. The van der Waals surface area contributed by atoms with E-state index in [1.807, 2.05) is 12.2 Å². The Labute approximate surface area is 210 Å². The Morgan fingerprint density at radius 1 is 0.735 bits per heavy atom. The lowest BCUT2D eigenvalue weighted by Gasteiger charge is -2.06. The number of hydrogen-bond donors (Lipinski definition) is 1. The molecule has 0 spiro atoms. The second-order valence-corrected chi connectivity index (χ2v) is 9.56. The third-order valence-electron chi connectivity index (χ3n) is 4.51. The van der Waals surface area contributed by atoms with Crippen LogP contribution in [0.5, 0.6) is 0 Å². The minimum Gasteiger partial charge on any atom is -0.274 e. The van der Waals surface area contributed by atoms with E-state index in [-0.39, 0.29) is 11.3 Å². The van der Waals surface area contributed by atoms with Crippen LogP contribution in [0.25, 0.3) is 0 Å². The molecule has 1 amide bonds. The number of sulfonamides is 1. The van der Waals surface area contributed by atoms with E-state index < -0.39 is 15.9 Å². The Bertz CT molecular complexity index is 985. The summed E-state index contributed by atoms with van der Waals surface area (Å²) in [6.07, 6.45) is 31.7. The molecule has 0 aliphatic heterocycles. The predicted molar refractivity (Wildman–Crippen MR) is 144 cm³/mol. The minimum atomic E-state index is -3.86. The molecule has 34 heavy (non-hydrogen) atoms. The van der Waals surface area contributed by atoms with Crippen molar-refractivity contribution < 1.29 is 13.2 Å². The first-order valence-electron chi connectivity index (χ1n) is 11.7. The number of rotatable bonds is 16. The third-order valence-corrected chi connectivity index (χ3v) is 6.15. The van der Waals surface area contributed by atoms with Crippen LogP contribution in [0.3, 0.4) is 0 Å². The Morgan fingerprint density at radius 3 is 1.59 bits per heavy atom. The molecule has 0 bridgehead atoms. The molecule has 1 rings (SSSR count). The number of nitrogens with one attached hydrogen (secondary N) is 1. The normalized spacial score (nSPS) is 13.0. The maximum atomic E-state index is 12.1. The van der Waals surface area contributed by atoms with Crippen LogP contribution in [-0.4, -0.2) is 14.3 Å². The molecule has 0 saturated carbocycles. The van der Waals surface area contributed by atoms with Gasteiger partial charge >= 0.3 is 0 Å². The fraction of sp³-hybridized carbons (Fsp3) is 0.321. The Hall–Kier alpha value is -2.63. The number of carbonyl (C=O) groups is 1. The number of hydrogen-bond acceptors (Lipinski definition) is 3. The number of benzene rings is 1. The number of amides is 1. The summed E-state index contributed by atoms with van der Waals surface area (Å²) in [4.78, 5) is 11.9. The lowest BCUT2D eigenvalue weighted by molar-refractivity contribution is -0.119. The van der Waals surface area contributed by atoms with Crippen LogP contribution in [-0.2, 0) is 14.8 Å². The van der Waals surface area contributed by atoms with Crippen LogP contribution in [0.1, 0.15) is 58.3 Å². The summed E-state index contributed by atoms with van der Waals surface area (Å²) in [7, 11) is -3.86. The maximum Gasteiger partial charge on any atom is 0.264 e. The van der Waals surface area contributed by atoms with Crippen LogP contribution in [0.15, 0.2) is 102 Å². The smallest absolute Gasteiger partial charge is 0.264 e. The highest BCUT2D eigenvalue weighted by molar-refractivity contribution is 7.90.